The molecule has 2 aromatic heterocycles. The third kappa shape index (κ3) is 1.56. The van der Waals surface area contributed by atoms with Gasteiger partial charge in [-0.1, -0.05) is 0 Å². The molecule has 0 radical (unpaired) electrons. The first-order chi connectivity index (χ1) is 7.20. The average molecular weight is 207 g/mol. The Balaban J connectivity index is 2.59. The second-order valence-corrected chi connectivity index (χ2v) is 2.74. The van der Waals surface area contributed by atoms with Gasteiger partial charge in [0.05, 0.1) is 6.20 Å². The highest BCUT2D eigenvalue weighted by molar-refractivity contribution is 5.86. The molecule has 0 saturated carbocycles. The van der Waals surface area contributed by atoms with Crippen molar-refractivity contribution in [2.75, 3.05) is 0 Å². The topological polar surface area (TPSA) is 68.0 Å². The first-order valence-electron chi connectivity index (χ1n) is 4.08. The average Bonchev–Trinajstić information content (AvgIpc) is 2.67. The van der Waals surface area contributed by atoms with Crippen molar-refractivity contribution in [1.29, 1.82) is 0 Å². The maximum absolute atomic E-state index is 13.3. The standard InChI is InChI=1S/C9H6FN3O2/c10-6-2-1-4-11-8(6)13-7(9(14)15)3-5-12-13/h1-5H,(H,14,15). The normalized spacial score (nSPS) is 10.2. The van der Waals surface area contributed by atoms with E-state index in [4.69, 9.17) is 5.11 Å². The Morgan fingerprint density at radius 2 is 2.20 bits per heavy atom. The summed E-state index contributed by atoms with van der Waals surface area (Å²) in [5.41, 5.74) is -0.132. The van der Waals surface area contributed by atoms with Gasteiger partial charge in [-0.15, -0.1) is 0 Å². The van der Waals surface area contributed by atoms with Crippen LogP contribution in [0.25, 0.3) is 5.82 Å². The third-order valence-corrected chi connectivity index (χ3v) is 1.80. The molecule has 0 aliphatic carbocycles. The van der Waals surface area contributed by atoms with Gasteiger partial charge in [-0.2, -0.15) is 5.10 Å². The zero-order valence-electron chi connectivity index (χ0n) is 7.46. The molecular formula is C9H6FN3O2. The summed E-state index contributed by atoms with van der Waals surface area (Å²) >= 11 is 0. The van der Waals surface area contributed by atoms with Gasteiger partial charge in [0, 0.05) is 6.20 Å². The lowest BCUT2D eigenvalue weighted by atomic mass is 10.4. The zero-order chi connectivity index (χ0) is 10.8. The van der Waals surface area contributed by atoms with Gasteiger partial charge < -0.3 is 5.11 Å². The maximum atomic E-state index is 13.3. The van der Waals surface area contributed by atoms with E-state index < -0.39 is 11.8 Å². The van der Waals surface area contributed by atoms with E-state index in [9.17, 15) is 9.18 Å². The van der Waals surface area contributed by atoms with Gasteiger partial charge in [0.1, 0.15) is 0 Å². The minimum Gasteiger partial charge on any atom is -0.477 e. The Morgan fingerprint density at radius 1 is 1.40 bits per heavy atom. The fourth-order valence-corrected chi connectivity index (χ4v) is 1.17. The number of aromatic carboxylic acids is 1. The van der Waals surface area contributed by atoms with Crippen molar-refractivity contribution in [2.45, 2.75) is 0 Å². The Kier molecular flexibility index (Phi) is 2.17. The highest BCUT2D eigenvalue weighted by atomic mass is 19.1. The predicted octanol–water partition coefficient (Wildman–Crippen LogP) is 1.10. The van der Waals surface area contributed by atoms with Crippen LogP contribution in [0.1, 0.15) is 10.5 Å². The summed E-state index contributed by atoms with van der Waals surface area (Å²) in [6.45, 7) is 0. The van der Waals surface area contributed by atoms with Crippen LogP contribution in [0.4, 0.5) is 4.39 Å². The Hall–Kier alpha value is -2.24. The van der Waals surface area contributed by atoms with E-state index in [0.29, 0.717) is 0 Å². The molecule has 15 heavy (non-hydrogen) atoms. The zero-order valence-corrected chi connectivity index (χ0v) is 7.46. The van der Waals surface area contributed by atoms with E-state index in [1.807, 2.05) is 0 Å². The minimum atomic E-state index is -1.18. The van der Waals surface area contributed by atoms with Gasteiger partial charge >= 0.3 is 5.97 Å². The van der Waals surface area contributed by atoms with Crippen molar-refractivity contribution < 1.29 is 14.3 Å². The molecule has 0 spiro atoms. The first kappa shape index (κ1) is 9.32. The van der Waals surface area contributed by atoms with E-state index in [0.717, 1.165) is 4.68 Å². The van der Waals surface area contributed by atoms with E-state index >= 15 is 0 Å². The number of hydrogen-bond acceptors (Lipinski definition) is 3. The number of pyridine rings is 1. The molecule has 1 N–H and O–H groups in total. The summed E-state index contributed by atoms with van der Waals surface area (Å²) in [5.74, 6) is -1.93. The number of carbonyl (C=O) groups is 1. The molecule has 0 saturated heterocycles. The molecule has 2 rings (SSSR count). The van der Waals surface area contributed by atoms with E-state index in [-0.39, 0.29) is 11.5 Å². The number of hydrogen-bond donors (Lipinski definition) is 1. The molecule has 0 aliphatic rings. The van der Waals surface area contributed by atoms with Gasteiger partial charge in [0.2, 0.25) is 0 Å². The Morgan fingerprint density at radius 3 is 2.87 bits per heavy atom. The highest BCUT2D eigenvalue weighted by Crippen LogP contribution is 2.11. The molecular weight excluding hydrogens is 201 g/mol. The lowest BCUT2D eigenvalue weighted by molar-refractivity contribution is 0.0686. The highest BCUT2D eigenvalue weighted by Gasteiger charge is 2.15. The fourth-order valence-electron chi connectivity index (χ4n) is 1.17. The molecule has 2 aromatic rings. The van der Waals surface area contributed by atoms with Crippen molar-refractivity contribution in [3.63, 3.8) is 0 Å². The van der Waals surface area contributed by atoms with Crippen LogP contribution >= 0.6 is 0 Å². The molecule has 6 heteroatoms. The van der Waals surface area contributed by atoms with Gasteiger partial charge in [0.25, 0.3) is 0 Å². The summed E-state index contributed by atoms with van der Waals surface area (Å²) in [5, 5.41) is 12.5. The number of carboxylic acid groups (broad SMARTS) is 1. The van der Waals surface area contributed by atoms with Gasteiger partial charge in [-0.3, -0.25) is 0 Å². The van der Waals surface area contributed by atoms with E-state index in [1.54, 1.807) is 0 Å². The summed E-state index contributed by atoms with van der Waals surface area (Å²) < 4.78 is 14.2. The summed E-state index contributed by atoms with van der Waals surface area (Å²) in [7, 11) is 0. The smallest absolute Gasteiger partial charge is 0.354 e. The molecule has 2 heterocycles. The van der Waals surface area contributed by atoms with Crippen molar-refractivity contribution in [3.8, 4) is 5.82 Å². The second-order valence-electron chi connectivity index (χ2n) is 2.74. The van der Waals surface area contributed by atoms with Crippen LogP contribution in [0, 0.1) is 5.82 Å². The van der Waals surface area contributed by atoms with Crippen LogP contribution in [-0.4, -0.2) is 25.8 Å². The SMILES string of the molecule is O=C(O)c1ccnn1-c1ncccc1F. The quantitative estimate of drug-likeness (QED) is 0.800. The number of rotatable bonds is 2. The number of nitrogens with zero attached hydrogens (tertiary/aromatic N) is 3. The van der Waals surface area contributed by atoms with Gasteiger partial charge in [0.15, 0.2) is 17.3 Å². The monoisotopic (exact) mass is 207 g/mol. The van der Waals surface area contributed by atoms with Crippen molar-refractivity contribution in [1.82, 2.24) is 14.8 Å². The van der Waals surface area contributed by atoms with Crippen LogP contribution in [-0.2, 0) is 0 Å². The summed E-state index contributed by atoms with van der Waals surface area (Å²) in [4.78, 5) is 14.5. The molecule has 0 amide bonds. The summed E-state index contributed by atoms with van der Waals surface area (Å²) in [6, 6.07) is 3.88. The van der Waals surface area contributed by atoms with Crippen LogP contribution in [0.15, 0.2) is 30.6 Å². The van der Waals surface area contributed by atoms with Crippen LogP contribution < -0.4 is 0 Å². The first-order valence-corrected chi connectivity index (χ1v) is 4.08. The van der Waals surface area contributed by atoms with Crippen LogP contribution in [0.2, 0.25) is 0 Å². The molecule has 0 atom stereocenters. The lowest BCUT2D eigenvalue weighted by Crippen LogP contribution is -2.10. The molecule has 76 valence electrons. The molecule has 0 aromatic carbocycles. The largest absolute Gasteiger partial charge is 0.477 e. The predicted molar refractivity (Wildman–Crippen MR) is 48.3 cm³/mol. The third-order valence-electron chi connectivity index (χ3n) is 1.80. The van der Waals surface area contributed by atoms with Crippen molar-refractivity contribution in [3.05, 3.63) is 42.1 Å². The van der Waals surface area contributed by atoms with E-state index in [1.165, 1.54) is 30.6 Å². The molecule has 0 bridgehead atoms. The molecule has 0 unspecified atom stereocenters. The Labute approximate surface area is 83.8 Å². The fraction of sp³-hybridized carbons (Fsp3) is 0. The van der Waals surface area contributed by atoms with Crippen molar-refractivity contribution >= 4 is 5.97 Å². The lowest BCUT2D eigenvalue weighted by Gasteiger charge is -2.03. The van der Waals surface area contributed by atoms with Crippen LogP contribution in [0.3, 0.4) is 0 Å². The number of carboxylic acids is 1. The maximum Gasteiger partial charge on any atom is 0.354 e. The minimum absolute atomic E-state index is 0.125. The van der Waals surface area contributed by atoms with Crippen molar-refractivity contribution in [2.24, 2.45) is 0 Å². The Bertz CT molecular complexity index is 510. The second kappa shape index (κ2) is 3.49. The number of halogens is 1. The van der Waals surface area contributed by atoms with Gasteiger partial charge in [-0.25, -0.2) is 18.9 Å². The molecule has 0 aliphatic heterocycles. The molecule has 5 nitrogen and oxygen atoms in total. The van der Waals surface area contributed by atoms with E-state index in [2.05, 4.69) is 10.1 Å². The van der Waals surface area contributed by atoms with Gasteiger partial charge in [-0.05, 0) is 18.2 Å². The number of aromatic nitrogens is 3. The van der Waals surface area contributed by atoms with Crippen LogP contribution in [0.5, 0.6) is 0 Å². The molecule has 0 fully saturated rings. The summed E-state index contributed by atoms with van der Waals surface area (Å²) in [6.07, 6.45) is 2.64.